The second kappa shape index (κ2) is 4.74. The first kappa shape index (κ1) is 15.3. The first-order chi connectivity index (χ1) is 9.05. The molecule has 0 atom stereocenters. The number of benzene rings is 1. The van der Waals surface area contributed by atoms with Gasteiger partial charge in [0.25, 0.3) is 0 Å². The van der Waals surface area contributed by atoms with Gasteiger partial charge in [-0.15, -0.1) is 0 Å². The van der Waals surface area contributed by atoms with Crippen LogP contribution in [0, 0.1) is 5.82 Å². The Morgan fingerprint density at radius 3 is 2.00 bits per heavy atom. The Morgan fingerprint density at radius 1 is 1.10 bits per heavy atom. The van der Waals surface area contributed by atoms with Crippen molar-refractivity contribution < 1.29 is 18.8 Å². The van der Waals surface area contributed by atoms with Gasteiger partial charge in [-0.1, -0.05) is 13.8 Å². The van der Waals surface area contributed by atoms with Crippen LogP contribution in [-0.2, 0) is 9.31 Å². The van der Waals surface area contributed by atoms with E-state index in [0.717, 1.165) is 0 Å². The van der Waals surface area contributed by atoms with Crippen molar-refractivity contribution in [1.29, 1.82) is 0 Å². The van der Waals surface area contributed by atoms with Crippen molar-refractivity contribution in [2.24, 2.45) is 0 Å². The molecule has 1 heterocycles. The molecule has 5 heteroatoms. The molecular weight excluding hydrogens is 258 g/mol. The third-order valence-corrected chi connectivity index (χ3v) is 4.23. The molecule has 1 aliphatic heterocycles. The predicted octanol–water partition coefficient (Wildman–Crippen LogP) is 2.95. The largest absolute Gasteiger partial charge is 0.508 e. The highest BCUT2D eigenvalue weighted by molar-refractivity contribution is 6.62. The highest BCUT2D eigenvalue weighted by Crippen LogP contribution is 2.37. The van der Waals surface area contributed by atoms with E-state index in [2.05, 4.69) is 0 Å². The average molecular weight is 280 g/mol. The third kappa shape index (κ3) is 2.45. The zero-order chi connectivity index (χ0) is 15.3. The highest BCUT2D eigenvalue weighted by Gasteiger charge is 2.51. The van der Waals surface area contributed by atoms with Crippen molar-refractivity contribution >= 4 is 12.6 Å². The first-order valence-corrected chi connectivity index (χ1v) is 6.93. The monoisotopic (exact) mass is 280 g/mol. The summed E-state index contributed by atoms with van der Waals surface area (Å²) in [6.07, 6.45) is 0. The molecule has 1 aromatic carbocycles. The number of rotatable bonds is 2. The quantitative estimate of drug-likeness (QED) is 0.846. The molecule has 1 saturated heterocycles. The van der Waals surface area contributed by atoms with Crippen molar-refractivity contribution in [3.8, 4) is 5.75 Å². The van der Waals surface area contributed by atoms with Gasteiger partial charge in [0.15, 0.2) is 0 Å². The standard InChI is InChI=1S/C15H22BFO3/c1-9(2)13-11(17)7-10(8-12(13)18)16-19-14(3,4)15(5,6)20-16/h7-9,18H,1-6H3. The van der Waals surface area contributed by atoms with Crippen LogP contribution in [0.5, 0.6) is 5.75 Å². The number of hydrogen-bond acceptors (Lipinski definition) is 3. The van der Waals surface area contributed by atoms with Crippen LogP contribution in [0.3, 0.4) is 0 Å². The van der Waals surface area contributed by atoms with Crippen LogP contribution in [0.1, 0.15) is 53.0 Å². The van der Waals surface area contributed by atoms with E-state index in [0.29, 0.717) is 11.0 Å². The van der Waals surface area contributed by atoms with Crippen molar-refractivity contribution in [2.75, 3.05) is 0 Å². The van der Waals surface area contributed by atoms with Gasteiger partial charge in [0, 0.05) is 5.56 Å². The summed E-state index contributed by atoms with van der Waals surface area (Å²) >= 11 is 0. The fraction of sp³-hybridized carbons (Fsp3) is 0.600. The van der Waals surface area contributed by atoms with Crippen molar-refractivity contribution in [2.45, 2.75) is 58.7 Å². The lowest BCUT2D eigenvalue weighted by Crippen LogP contribution is -2.41. The number of phenolic OH excluding ortho intramolecular Hbond substituents is 1. The molecule has 1 N–H and O–H groups in total. The zero-order valence-electron chi connectivity index (χ0n) is 13.0. The lowest BCUT2D eigenvalue weighted by molar-refractivity contribution is 0.00578. The predicted molar refractivity (Wildman–Crippen MR) is 77.9 cm³/mol. The first-order valence-electron chi connectivity index (χ1n) is 6.93. The maximum Gasteiger partial charge on any atom is 0.495 e. The van der Waals surface area contributed by atoms with E-state index < -0.39 is 24.1 Å². The molecule has 1 aromatic rings. The van der Waals surface area contributed by atoms with Gasteiger partial charge in [0.2, 0.25) is 0 Å². The molecule has 0 saturated carbocycles. The number of phenols is 1. The van der Waals surface area contributed by atoms with Crippen LogP contribution in [0.4, 0.5) is 4.39 Å². The van der Waals surface area contributed by atoms with Crippen LogP contribution < -0.4 is 5.46 Å². The van der Waals surface area contributed by atoms with E-state index in [-0.39, 0.29) is 11.7 Å². The smallest absolute Gasteiger partial charge is 0.495 e. The van der Waals surface area contributed by atoms with Crippen LogP contribution in [0.25, 0.3) is 0 Å². The molecule has 0 radical (unpaired) electrons. The second-order valence-electron chi connectivity index (χ2n) is 6.68. The zero-order valence-corrected chi connectivity index (χ0v) is 13.0. The third-order valence-electron chi connectivity index (χ3n) is 4.23. The minimum Gasteiger partial charge on any atom is -0.508 e. The molecule has 0 aromatic heterocycles. The molecule has 0 bridgehead atoms. The van der Waals surface area contributed by atoms with E-state index >= 15 is 0 Å². The Morgan fingerprint density at radius 2 is 1.60 bits per heavy atom. The van der Waals surface area contributed by atoms with E-state index in [4.69, 9.17) is 9.31 Å². The van der Waals surface area contributed by atoms with Gasteiger partial charge >= 0.3 is 7.12 Å². The molecule has 1 fully saturated rings. The lowest BCUT2D eigenvalue weighted by atomic mass is 9.78. The molecule has 3 nitrogen and oxygen atoms in total. The summed E-state index contributed by atoms with van der Waals surface area (Å²) in [5.74, 6) is -0.559. The van der Waals surface area contributed by atoms with Gasteiger partial charge in [0.1, 0.15) is 11.6 Å². The molecule has 110 valence electrons. The second-order valence-corrected chi connectivity index (χ2v) is 6.68. The van der Waals surface area contributed by atoms with E-state index in [1.165, 1.54) is 12.1 Å². The fourth-order valence-corrected chi connectivity index (χ4v) is 2.31. The number of hydrogen-bond donors (Lipinski definition) is 1. The molecule has 0 aliphatic carbocycles. The van der Waals surface area contributed by atoms with E-state index in [9.17, 15) is 9.50 Å². The molecule has 0 spiro atoms. The average Bonchev–Trinajstić information content (AvgIpc) is 2.46. The van der Waals surface area contributed by atoms with E-state index in [1.807, 2.05) is 41.5 Å². The maximum atomic E-state index is 14.1. The SMILES string of the molecule is CC(C)c1c(O)cc(B2OC(C)(C)C(C)(C)O2)cc1F. The maximum absolute atomic E-state index is 14.1. The van der Waals surface area contributed by atoms with Gasteiger partial charge < -0.3 is 14.4 Å². The summed E-state index contributed by atoms with van der Waals surface area (Å²) in [5.41, 5.74) is -0.144. The van der Waals surface area contributed by atoms with Gasteiger partial charge in [-0.05, 0) is 51.2 Å². The summed E-state index contributed by atoms with van der Waals surface area (Å²) < 4.78 is 25.9. The fourth-order valence-electron chi connectivity index (χ4n) is 2.31. The molecule has 0 unspecified atom stereocenters. The Kier molecular flexibility index (Phi) is 3.63. The molecular formula is C15H22BFO3. The van der Waals surface area contributed by atoms with Crippen LogP contribution >= 0.6 is 0 Å². The topological polar surface area (TPSA) is 38.7 Å². The molecule has 20 heavy (non-hydrogen) atoms. The van der Waals surface area contributed by atoms with Gasteiger partial charge in [-0.3, -0.25) is 0 Å². The van der Waals surface area contributed by atoms with Crippen molar-refractivity contribution in [3.63, 3.8) is 0 Å². The summed E-state index contributed by atoms with van der Waals surface area (Å²) in [5, 5.41) is 10.0. The number of halogens is 1. The molecule has 2 rings (SSSR count). The normalized spacial score (nSPS) is 20.7. The van der Waals surface area contributed by atoms with Crippen LogP contribution in [0.2, 0.25) is 0 Å². The Bertz CT molecular complexity index is 487. The summed E-state index contributed by atoms with van der Waals surface area (Å²) in [6.45, 7) is 11.4. The summed E-state index contributed by atoms with van der Waals surface area (Å²) in [6, 6.07) is 2.91. The van der Waals surface area contributed by atoms with E-state index in [1.54, 1.807) is 0 Å². The number of aromatic hydroxyl groups is 1. The summed E-state index contributed by atoms with van der Waals surface area (Å²) in [7, 11) is -0.665. The van der Waals surface area contributed by atoms with Gasteiger partial charge in [-0.25, -0.2) is 4.39 Å². The molecule has 0 amide bonds. The Hall–Kier alpha value is -1.07. The molecule has 1 aliphatic rings. The van der Waals surface area contributed by atoms with Gasteiger partial charge in [-0.2, -0.15) is 0 Å². The van der Waals surface area contributed by atoms with Crippen LogP contribution in [0.15, 0.2) is 12.1 Å². The minimum absolute atomic E-state index is 0.0512. The van der Waals surface area contributed by atoms with Crippen molar-refractivity contribution in [3.05, 3.63) is 23.5 Å². The minimum atomic E-state index is -0.665. The van der Waals surface area contributed by atoms with Gasteiger partial charge in [0.05, 0.1) is 11.2 Å². The van der Waals surface area contributed by atoms with Crippen molar-refractivity contribution in [1.82, 2.24) is 0 Å². The Labute approximate surface area is 120 Å². The lowest BCUT2D eigenvalue weighted by Gasteiger charge is -2.32. The summed E-state index contributed by atoms with van der Waals surface area (Å²) in [4.78, 5) is 0. The Balaban J connectivity index is 2.37. The highest BCUT2D eigenvalue weighted by atomic mass is 19.1. The van der Waals surface area contributed by atoms with Crippen LogP contribution in [-0.4, -0.2) is 23.4 Å².